The highest BCUT2D eigenvalue weighted by molar-refractivity contribution is 5.33. The van der Waals surface area contributed by atoms with Gasteiger partial charge in [0.15, 0.2) is 0 Å². The molecule has 0 aliphatic rings. The Labute approximate surface area is 146 Å². The molecule has 0 unspecified atom stereocenters. The summed E-state index contributed by atoms with van der Waals surface area (Å²) in [7, 11) is 1.68. The van der Waals surface area contributed by atoms with Gasteiger partial charge in [0.25, 0.3) is 0 Å². The maximum atomic E-state index is 5.67. The standard InChI is InChI=1S/C11H17NO.C9H13NO/c1-8(2)10-7-12-6-5-11(10)13-9(3)4;1-7(2)8-6-10-5-4-9(8)11-3/h5-9H,1-4H3;4-7H,1-3H3. The third-order valence-electron chi connectivity index (χ3n) is 3.45. The molecular weight excluding hydrogens is 300 g/mol. The van der Waals surface area contributed by atoms with Crippen molar-refractivity contribution < 1.29 is 9.47 Å². The molecular formula is C20H30N2O2. The van der Waals surface area contributed by atoms with Crippen molar-refractivity contribution in [3.05, 3.63) is 48.0 Å². The van der Waals surface area contributed by atoms with E-state index in [9.17, 15) is 0 Å². The van der Waals surface area contributed by atoms with Gasteiger partial charge in [0.2, 0.25) is 0 Å². The second kappa shape index (κ2) is 9.91. The van der Waals surface area contributed by atoms with Crippen molar-refractivity contribution in [2.75, 3.05) is 7.11 Å². The van der Waals surface area contributed by atoms with E-state index in [1.54, 1.807) is 19.5 Å². The Morgan fingerprint density at radius 2 is 1.21 bits per heavy atom. The normalized spacial score (nSPS) is 10.6. The maximum absolute atomic E-state index is 5.67. The predicted octanol–water partition coefficient (Wildman–Crippen LogP) is 5.21. The van der Waals surface area contributed by atoms with Gasteiger partial charge in [-0.25, -0.2) is 0 Å². The average Bonchev–Trinajstić information content (AvgIpc) is 2.55. The number of aromatic nitrogens is 2. The fraction of sp³-hybridized carbons (Fsp3) is 0.500. The molecule has 0 radical (unpaired) electrons. The highest BCUT2D eigenvalue weighted by Crippen LogP contribution is 2.25. The molecule has 132 valence electrons. The second-order valence-corrected chi connectivity index (χ2v) is 6.51. The summed E-state index contributed by atoms with van der Waals surface area (Å²) < 4.78 is 10.8. The summed E-state index contributed by atoms with van der Waals surface area (Å²) in [4.78, 5) is 8.13. The minimum Gasteiger partial charge on any atom is -0.496 e. The number of rotatable bonds is 5. The minimum atomic E-state index is 0.222. The van der Waals surface area contributed by atoms with Gasteiger partial charge in [-0.3, -0.25) is 9.97 Å². The van der Waals surface area contributed by atoms with Gasteiger partial charge in [0.05, 0.1) is 13.2 Å². The summed E-state index contributed by atoms with van der Waals surface area (Å²) in [5.74, 6) is 2.82. The maximum Gasteiger partial charge on any atom is 0.126 e. The van der Waals surface area contributed by atoms with Gasteiger partial charge in [-0.15, -0.1) is 0 Å². The highest BCUT2D eigenvalue weighted by atomic mass is 16.5. The number of ether oxygens (including phenoxy) is 2. The van der Waals surface area contributed by atoms with Crippen LogP contribution >= 0.6 is 0 Å². The Morgan fingerprint density at radius 1 is 0.750 bits per heavy atom. The highest BCUT2D eigenvalue weighted by Gasteiger charge is 2.08. The number of hydrogen-bond donors (Lipinski definition) is 0. The monoisotopic (exact) mass is 330 g/mol. The Hall–Kier alpha value is -2.10. The van der Waals surface area contributed by atoms with Gasteiger partial charge in [0.1, 0.15) is 11.5 Å². The minimum absolute atomic E-state index is 0.222. The van der Waals surface area contributed by atoms with Crippen molar-refractivity contribution in [1.82, 2.24) is 9.97 Å². The number of hydrogen-bond acceptors (Lipinski definition) is 4. The Balaban J connectivity index is 0.000000243. The lowest BCUT2D eigenvalue weighted by Gasteiger charge is -2.15. The Kier molecular flexibility index (Phi) is 8.24. The summed E-state index contributed by atoms with van der Waals surface area (Å²) in [5.41, 5.74) is 2.34. The quantitative estimate of drug-likeness (QED) is 0.755. The van der Waals surface area contributed by atoms with E-state index < -0.39 is 0 Å². The van der Waals surface area contributed by atoms with Crippen LogP contribution in [0.2, 0.25) is 0 Å². The molecule has 2 aromatic heterocycles. The SMILES string of the molecule is CC(C)Oc1ccncc1C(C)C.COc1ccncc1C(C)C. The molecule has 2 heterocycles. The zero-order valence-electron chi connectivity index (χ0n) is 15.9. The van der Waals surface area contributed by atoms with Gasteiger partial charge < -0.3 is 9.47 Å². The lowest BCUT2D eigenvalue weighted by molar-refractivity contribution is 0.239. The average molecular weight is 330 g/mol. The Bertz CT molecular complexity index is 610. The first-order valence-electron chi connectivity index (χ1n) is 8.45. The van der Waals surface area contributed by atoms with Crippen molar-refractivity contribution in [3.8, 4) is 11.5 Å². The molecule has 4 heteroatoms. The summed E-state index contributed by atoms with van der Waals surface area (Å²) in [6.45, 7) is 12.6. The van der Waals surface area contributed by atoms with Crippen molar-refractivity contribution in [2.45, 2.75) is 59.5 Å². The van der Waals surface area contributed by atoms with Crippen LogP contribution in [0.5, 0.6) is 11.5 Å². The fourth-order valence-electron chi connectivity index (χ4n) is 2.20. The van der Waals surface area contributed by atoms with E-state index in [-0.39, 0.29) is 6.10 Å². The molecule has 0 fully saturated rings. The molecule has 0 aliphatic carbocycles. The van der Waals surface area contributed by atoms with Crippen LogP contribution in [0.25, 0.3) is 0 Å². The van der Waals surface area contributed by atoms with Crippen LogP contribution in [0.1, 0.15) is 64.5 Å². The van der Waals surface area contributed by atoms with Crippen LogP contribution in [0, 0.1) is 0 Å². The molecule has 0 bridgehead atoms. The second-order valence-electron chi connectivity index (χ2n) is 6.51. The molecule has 2 rings (SSSR count). The van der Waals surface area contributed by atoms with Gasteiger partial charge in [-0.2, -0.15) is 0 Å². The molecule has 0 aromatic carbocycles. The molecule has 0 spiro atoms. The van der Waals surface area contributed by atoms with Crippen LogP contribution in [0.4, 0.5) is 0 Å². The third kappa shape index (κ3) is 6.19. The molecule has 0 atom stereocenters. The topological polar surface area (TPSA) is 44.2 Å². The number of nitrogens with zero attached hydrogens (tertiary/aromatic N) is 2. The molecule has 4 nitrogen and oxygen atoms in total. The summed E-state index contributed by atoms with van der Waals surface area (Å²) >= 11 is 0. The van der Waals surface area contributed by atoms with E-state index in [1.165, 1.54) is 5.56 Å². The molecule has 0 saturated carbocycles. The van der Waals surface area contributed by atoms with E-state index >= 15 is 0 Å². The van der Waals surface area contributed by atoms with E-state index in [0.29, 0.717) is 11.8 Å². The first kappa shape index (κ1) is 19.9. The number of methoxy groups -OCH3 is 1. The van der Waals surface area contributed by atoms with E-state index in [4.69, 9.17) is 9.47 Å². The zero-order chi connectivity index (χ0) is 18.1. The lowest BCUT2D eigenvalue weighted by Crippen LogP contribution is -2.08. The van der Waals surface area contributed by atoms with Gasteiger partial charge in [-0.05, 0) is 37.8 Å². The van der Waals surface area contributed by atoms with Crippen molar-refractivity contribution in [2.24, 2.45) is 0 Å². The molecule has 2 aromatic rings. The van der Waals surface area contributed by atoms with Gasteiger partial charge in [-0.1, -0.05) is 27.7 Å². The first-order valence-corrected chi connectivity index (χ1v) is 8.45. The number of pyridine rings is 2. The van der Waals surface area contributed by atoms with Crippen LogP contribution in [0.3, 0.4) is 0 Å². The first-order chi connectivity index (χ1) is 11.4. The van der Waals surface area contributed by atoms with Crippen molar-refractivity contribution in [1.29, 1.82) is 0 Å². The van der Waals surface area contributed by atoms with E-state index in [2.05, 4.69) is 37.7 Å². The van der Waals surface area contributed by atoms with Crippen LogP contribution in [0.15, 0.2) is 36.9 Å². The predicted molar refractivity (Wildman–Crippen MR) is 99.0 cm³/mol. The smallest absolute Gasteiger partial charge is 0.126 e. The van der Waals surface area contributed by atoms with Crippen LogP contribution < -0.4 is 9.47 Å². The van der Waals surface area contributed by atoms with Crippen molar-refractivity contribution in [3.63, 3.8) is 0 Å². The summed E-state index contributed by atoms with van der Waals surface area (Å²) in [5, 5.41) is 0. The van der Waals surface area contributed by atoms with Gasteiger partial charge in [0, 0.05) is 35.9 Å². The third-order valence-corrected chi connectivity index (χ3v) is 3.45. The van der Waals surface area contributed by atoms with E-state index in [0.717, 1.165) is 17.1 Å². The van der Waals surface area contributed by atoms with Crippen molar-refractivity contribution >= 4 is 0 Å². The zero-order valence-corrected chi connectivity index (χ0v) is 15.9. The summed E-state index contributed by atoms with van der Waals surface area (Å²) in [6.07, 6.45) is 7.46. The molecule has 0 aliphatic heterocycles. The molecule has 0 N–H and O–H groups in total. The largest absolute Gasteiger partial charge is 0.496 e. The van der Waals surface area contributed by atoms with Crippen LogP contribution in [-0.2, 0) is 0 Å². The van der Waals surface area contributed by atoms with E-state index in [1.807, 2.05) is 38.4 Å². The Morgan fingerprint density at radius 3 is 1.58 bits per heavy atom. The molecule has 0 amide bonds. The molecule has 0 saturated heterocycles. The van der Waals surface area contributed by atoms with Gasteiger partial charge >= 0.3 is 0 Å². The fourth-order valence-corrected chi connectivity index (χ4v) is 2.20. The summed E-state index contributed by atoms with van der Waals surface area (Å²) in [6, 6.07) is 3.81. The molecule has 24 heavy (non-hydrogen) atoms. The lowest BCUT2D eigenvalue weighted by atomic mass is 10.1. The van der Waals surface area contributed by atoms with Crippen LogP contribution in [-0.4, -0.2) is 23.2 Å².